The van der Waals surface area contributed by atoms with Crippen LogP contribution in [0.5, 0.6) is 0 Å². The highest BCUT2D eigenvalue weighted by atomic mass is 16.5. The molecule has 22 heavy (non-hydrogen) atoms. The van der Waals surface area contributed by atoms with Gasteiger partial charge in [-0.1, -0.05) is 29.8 Å². The third kappa shape index (κ3) is 5.34. The third-order valence-corrected chi connectivity index (χ3v) is 4.00. The van der Waals surface area contributed by atoms with Crippen molar-refractivity contribution in [2.45, 2.75) is 45.6 Å². The molecular weight excluding hydrogens is 274 g/mol. The lowest BCUT2D eigenvalue weighted by Gasteiger charge is -2.21. The molecule has 1 fully saturated rings. The average Bonchev–Trinajstić information content (AvgIpc) is 2.92. The van der Waals surface area contributed by atoms with Gasteiger partial charge in [-0.25, -0.2) is 0 Å². The van der Waals surface area contributed by atoms with E-state index in [2.05, 4.69) is 60.7 Å². The Balaban J connectivity index is 1.83. The van der Waals surface area contributed by atoms with Crippen LogP contribution < -0.4 is 10.6 Å². The summed E-state index contributed by atoms with van der Waals surface area (Å²) in [5.41, 5.74) is 2.58. The van der Waals surface area contributed by atoms with Crippen LogP contribution in [0.3, 0.4) is 0 Å². The van der Waals surface area contributed by atoms with E-state index in [1.807, 2.05) is 0 Å². The average molecular weight is 303 g/mol. The molecule has 2 rings (SSSR count). The predicted molar refractivity (Wildman–Crippen MR) is 92.5 cm³/mol. The minimum atomic E-state index is -0.0844. The molecular formula is C18H29N3O. The van der Waals surface area contributed by atoms with Crippen molar-refractivity contribution in [3.8, 4) is 0 Å². The van der Waals surface area contributed by atoms with Gasteiger partial charge in [0.25, 0.3) is 0 Å². The fraction of sp³-hybridized carbons (Fsp3) is 0.611. The van der Waals surface area contributed by atoms with Gasteiger partial charge < -0.3 is 15.4 Å². The minimum Gasteiger partial charge on any atom is -0.373 e. The lowest BCUT2D eigenvalue weighted by molar-refractivity contribution is 0.0283. The van der Waals surface area contributed by atoms with Crippen LogP contribution in [-0.4, -0.2) is 37.8 Å². The molecule has 1 aromatic carbocycles. The molecule has 1 unspecified atom stereocenters. The zero-order valence-corrected chi connectivity index (χ0v) is 14.1. The standard InChI is InChI=1S/C18H29N3O/c1-4-19-17(21-14-18(3)10-6-12-22-18)20-11-9-16-8-5-7-15(2)13-16/h5,7-8,13H,4,6,9-12,14H2,1-3H3,(H2,19,20,21). The molecule has 0 radical (unpaired) electrons. The van der Waals surface area contributed by atoms with Gasteiger partial charge in [-0.2, -0.15) is 0 Å². The number of hydrogen-bond donors (Lipinski definition) is 2. The Morgan fingerprint density at radius 2 is 2.23 bits per heavy atom. The molecule has 0 amide bonds. The molecule has 4 heteroatoms. The largest absolute Gasteiger partial charge is 0.373 e. The third-order valence-electron chi connectivity index (χ3n) is 4.00. The van der Waals surface area contributed by atoms with Crippen LogP contribution in [-0.2, 0) is 11.2 Å². The van der Waals surface area contributed by atoms with Crippen molar-refractivity contribution in [1.29, 1.82) is 0 Å². The van der Waals surface area contributed by atoms with E-state index in [9.17, 15) is 0 Å². The van der Waals surface area contributed by atoms with Crippen LogP contribution in [0.4, 0.5) is 0 Å². The molecule has 122 valence electrons. The van der Waals surface area contributed by atoms with E-state index < -0.39 is 0 Å². The molecule has 2 N–H and O–H groups in total. The summed E-state index contributed by atoms with van der Waals surface area (Å²) in [5, 5.41) is 6.72. The number of benzene rings is 1. The van der Waals surface area contributed by atoms with Gasteiger partial charge in [0.05, 0.1) is 12.1 Å². The minimum absolute atomic E-state index is 0.0844. The van der Waals surface area contributed by atoms with Crippen LogP contribution in [0, 0.1) is 6.92 Å². The maximum atomic E-state index is 5.79. The first-order valence-electron chi connectivity index (χ1n) is 8.33. The summed E-state index contributed by atoms with van der Waals surface area (Å²) in [7, 11) is 0. The zero-order chi connectivity index (χ0) is 15.8. The molecule has 1 aliphatic heterocycles. The van der Waals surface area contributed by atoms with E-state index in [1.165, 1.54) is 11.1 Å². The fourth-order valence-electron chi connectivity index (χ4n) is 2.74. The number of nitrogens with zero attached hydrogens (tertiary/aromatic N) is 1. The Morgan fingerprint density at radius 1 is 1.36 bits per heavy atom. The van der Waals surface area contributed by atoms with Crippen molar-refractivity contribution in [3.63, 3.8) is 0 Å². The maximum Gasteiger partial charge on any atom is 0.191 e. The van der Waals surface area contributed by atoms with E-state index in [0.29, 0.717) is 6.54 Å². The quantitative estimate of drug-likeness (QED) is 0.627. The first kappa shape index (κ1) is 16.8. The second-order valence-corrected chi connectivity index (χ2v) is 6.26. The Kier molecular flexibility index (Phi) is 6.25. The number of aryl methyl sites for hydroxylation is 1. The normalized spacial score (nSPS) is 21.9. The molecule has 0 saturated carbocycles. The van der Waals surface area contributed by atoms with Crippen LogP contribution in [0.15, 0.2) is 29.3 Å². The zero-order valence-electron chi connectivity index (χ0n) is 14.1. The molecule has 1 saturated heterocycles. The van der Waals surface area contributed by atoms with Gasteiger partial charge in [-0.15, -0.1) is 0 Å². The Morgan fingerprint density at radius 3 is 2.91 bits per heavy atom. The van der Waals surface area contributed by atoms with Crippen LogP contribution in [0.25, 0.3) is 0 Å². The lowest BCUT2D eigenvalue weighted by atomic mass is 10.0. The number of hydrogen-bond acceptors (Lipinski definition) is 2. The fourth-order valence-corrected chi connectivity index (χ4v) is 2.74. The monoisotopic (exact) mass is 303 g/mol. The van der Waals surface area contributed by atoms with E-state index in [1.54, 1.807) is 0 Å². The SMILES string of the molecule is CCNC(=NCC1(C)CCCO1)NCCc1cccc(C)c1. The Hall–Kier alpha value is -1.55. The number of nitrogens with one attached hydrogen (secondary N) is 2. The predicted octanol–water partition coefficient (Wildman–Crippen LogP) is 2.66. The van der Waals surface area contributed by atoms with Crippen molar-refractivity contribution >= 4 is 5.96 Å². The second-order valence-electron chi connectivity index (χ2n) is 6.26. The van der Waals surface area contributed by atoms with Crippen LogP contribution in [0.1, 0.15) is 37.8 Å². The van der Waals surface area contributed by atoms with Crippen molar-refractivity contribution in [3.05, 3.63) is 35.4 Å². The first-order chi connectivity index (χ1) is 10.6. The molecule has 0 aliphatic carbocycles. The molecule has 0 bridgehead atoms. The maximum absolute atomic E-state index is 5.79. The molecule has 0 spiro atoms. The van der Waals surface area contributed by atoms with Gasteiger partial charge in [-0.05, 0) is 45.6 Å². The van der Waals surface area contributed by atoms with Crippen molar-refractivity contribution < 1.29 is 4.74 Å². The highest BCUT2D eigenvalue weighted by molar-refractivity contribution is 5.79. The lowest BCUT2D eigenvalue weighted by Crippen LogP contribution is -2.40. The number of guanidine groups is 1. The molecule has 4 nitrogen and oxygen atoms in total. The summed E-state index contributed by atoms with van der Waals surface area (Å²) in [6.07, 6.45) is 3.24. The van der Waals surface area contributed by atoms with E-state index >= 15 is 0 Å². The van der Waals surface area contributed by atoms with Gasteiger partial charge in [0.1, 0.15) is 0 Å². The molecule has 1 aliphatic rings. The number of aliphatic imine (C=N–C) groups is 1. The van der Waals surface area contributed by atoms with Crippen LogP contribution >= 0.6 is 0 Å². The highest BCUT2D eigenvalue weighted by Crippen LogP contribution is 2.24. The second kappa shape index (κ2) is 8.18. The van der Waals surface area contributed by atoms with Crippen molar-refractivity contribution in [2.75, 3.05) is 26.2 Å². The van der Waals surface area contributed by atoms with E-state index in [0.717, 1.165) is 44.9 Å². The first-order valence-corrected chi connectivity index (χ1v) is 8.33. The Labute approximate surface area is 134 Å². The Bertz CT molecular complexity index is 493. The van der Waals surface area contributed by atoms with Crippen molar-refractivity contribution in [2.24, 2.45) is 4.99 Å². The molecule has 1 aromatic rings. The number of ether oxygens (including phenoxy) is 1. The van der Waals surface area contributed by atoms with Crippen molar-refractivity contribution in [1.82, 2.24) is 10.6 Å². The molecule has 1 heterocycles. The topological polar surface area (TPSA) is 45.7 Å². The van der Waals surface area contributed by atoms with Gasteiger partial charge in [0, 0.05) is 19.7 Å². The van der Waals surface area contributed by atoms with E-state index in [4.69, 9.17) is 4.74 Å². The van der Waals surface area contributed by atoms with Gasteiger partial charge in [0.15, 0.2) is 5.96 Å². The summed E-state index contributed by atoms with van der Waals surface area (Å²) >= 11 is 0. The van der Waals surface area contributed by atoms with Gasteiger partial charge in [0.2, 0.25) is 0 Å². The highest BCUT2D eigenvalue weighted by Gasteiger charge is 2.29. The summed E-state index contributed by atoms with van der Waals surface area (Å²) in [6, 6.07) is 8.65. The summed E-state index contributed by atoms with van der Waals surface area (Å²) < 4.78 is 5.79. The van der Waals surface area contributed by atoms with Gasteiger partial charge >= 0.3 is 0 Å². The molecule has 1 atom stereocenters. The summed E-state index contributed by atoms with van der Waals surface area (Å²) in [6.45, 7) is 9.70. The van der Waals surface area contributed by atoms with E-state index in [-0.39, 0.29) is 5.60 Å². The molecule has 0 aromatic heterocycles. The number of rotatable bonds is 6. The smallest absolute Gasteiger partial charge is 0.191 e. The van der Waals surface area contributed by atoms with Gasteiger partial charge in [-0.3, -0.25) is 4.99 Å². The summed E-state index contributed by atoms with van der Waals surface area (Å²) in [5.74, 6) is 0.881. The summed E-state index contributed by atoms with van der Waals surface area (Å²) in [4.78, 5) is 4.69. The van der Waals surface area contributed by atoms with Crippen LogP contribution in [0.2, 0.25) is 0 Å².